The molecule has 0 aromatic heterocycles. The van der Waals surface area contributed by atoms with Crippen LogP contribution >= 0.6 is 0 Å². The van der Waals surface area contributed by atoms with Crippen molar-refractivity contribution in [1.82, 2.24) is 0 Å². The summed E-state index contributed by atoms with van der Waals surface area (Å²) in [4.78, 5) is 21.1. The topological polar surface area (TPSA) is 34.1 Å². The minimum atomic E-state index is 0.379. The first-order valence-corrected chi connectivity index (χ1v) is 3.79. The Morgan fingerprint density at radius 1 is 0.800 bits per heavy atom. The molecule has 2 saturated carbocycles. The molecule has 10 heavy (non-hydrogen) atoms. The predicted octanol–water partition coefficient (Wildman–Crippen LogP) is 0.945. The number of rotatable bonds is 1. The number of ketones is 2. The van der Waals surface area contributed by atoms with Crippen LogP contribution in [-0.4, -0.2) is 11.6 Å². The maximum Gasteiger partial charge on any atom is 0.133 e. The van der Waals surface area contributed by atoms with Crippen LogP contribution in [-0.2, 0) is 9.59 Å². The third kappa shape index (κ3) is 0.789. The van der Waals surface area contributed by atoms with E-state index in [2.05, 4.69) is 0 Å². The molecule has 2 aliphatic carbocycles. The van der Waals surface area contributed by atoms with E-state index in [-0.39, 0.29) is 0 Å². The molecular weight excluding hydrogens is 128 g/mol. The average Bonchev–Trinajstić information content (AvgIpc) is 1.74. The lowest BCUT2D eigenvalue weighted by Crippen LogP contribution is -2.38. The molecule has 0 atom stereocenters. The summed E-state index contributed by atoms with van der Waals surface area (Å²) in [6.45, 7) is 0. The van der Waals surface area contributed by atoms with Crippen molar-refractivity contribution >= 4 is 11.6 Å². The Bertz CT molecular complexity index is 157. The van der Waals surface area contributed by atoms with E-state index < -0.39 is 0 Å². The highest BCUT2D eigenvalue weighted by molar-refractivity contribution is 5.88. The van der Waals surface area contributed by atoms with Crippen molar-refractivity contribution in [2.24, 2.45) is 11.8 Å². The molecule has 2 fully saturated rings. The summed E-state index contributed by atoms with van der Waals surface area (Å²) in [6, 6.07) is 0. The minimum absolute atomic E-state index is 0.379. The summed E-state index contributed by atoms with van der Waals surface area (Å²) < 4.78 is 0. The van der Waals surface area contributed by atoms with Gasteiger partial charge in [0.1, 0.15) is 11.6 Å². The van der Waals surface area contributed by atoms with Crippen LogP contribution in [0.2, 0.25) is 0 Å². The Hall–Kier alpha value is -0.660. The molecule has 0 aromatic carbocycles. The standard InChI is InChI=1S/C8H10O2/c9-7-1-5(2-7)6-3-8(10)4-6/h5-6H,1-4H2. The number of Topliss-reactive ketones (excluding diaryl/α,β-unsaturated/α-hetero) is 2. The van der Waals surface area contributed by atoms with Crippen molar-refractivity contribution in [2.75, 3.05) is 0 Å². The van der Waals surface area contributed by atoms with Crippen LogP contribution in [0.25, 0.3) is 0 Å². The highest BCUT2D eigenvalue weighted by Crippen LogP contribution is 2.40. The summed E-state index contributed by atoms with van der Waals surface area (Å²) in [7, 11) is 0. The zero-order valence-corrected chi connectivity index (χ0v) is 5.80. The molecule has 0 bridgehead atoms. The number of carbonyl (C=O) groups excluding carboxylic acids is 2. The molecule has 2 rings (SSSR count). The molecule has 2 heteroatoms. The molecule has 2 nitrogen and oxygen atoms in total. The van der Waals surface area contributed by atoms with Crippen molar-refractivity contribution in [2.45, 2.75) is 25.7 Å². The van der Waals surface area contributed by atoms with Gasteiger partial charge in [0.15, 0.2) is 0 Å². The Morgan fingerprint density at radius 3 is 1.30 bits per heavy atom. The second-order valence-electron chi connectivity index (χ2n) is 3.41. The maximum absolute atomic E-state index is 10.6. The van der Waals surface area contributed by atoms with E-state index in [1.165, 1.54) is 0 Å². The largest absolute Gasteiger partial charge is 0.300 e. The van der Waals surface area contributed by atoms with Crippen LogP contribution in [0.3, 0.4) is 0 Å². The highest BCUT2D eigenvalue weighted by Gasteiger charge is 2.40. The third-order valence-electron chi connectivity index (χ3n) is 2.63. The van der Waals surface area contributed by atoms with Gasteiger partial charge in [0, 0.05) is 25.7 Å². The van der Waals surface area contributed by atoms with Gasteiger partial charge in [-0.3, -0.25) is 9.59 Å². The summed E-state index contributed by atoms with van der Waals surface area (Å²) in [5.41, 5.74) is 0. The van der Waals surface area contributed by atoms with E-state index in [1.54, 1.807) is 0 Å². The van der Waals surface area contributed by atoms with Crippen LogP contribution in [0, 0.1) is 11.8 Å². The smallest absolute Gasteiger partial charge is 0.133 e. The highest BCUT2D eigenvalue weighted by atomic mass is 16.1. The SMILES string of the molecule is O=C1CC(C2CC(=O)C2)C1. The fraction of sp³-hybridized carbons (Fsp3) is 0.750. The van der Waals surface area contributed by atoms with E-state index in [9.17, 15) is 9.59 Å². The van der Waals surface area contributed by atoms with Crippen LogP contribution < -0.4 is 0 Å². The maximum atomic E-state index is 10.6. The lowest BCUT2D eigenvalue weighted by Gasteiger charge is -2.36. The first-order chi connectivity index (χ1) is 4.75. The van der Waals surface area contributed by atoms with E-state index in [0.29, 0.717) is 23.4 Å². The van der Waals surface area contributed by atoms with Gasteiger partial charge in [0.05, 0.1) is 0 Å². The van der Waals surface area contributed by atoms with Gasteiger partial charge in [-0.15, -0.1) is 0 Å². The van der Waals surface area contributed by atoms with Crippen molar-refractivity contribution in [3.8, 4) is 0 Å². The molecule has 2 aliphatic rings. The minimum Gasteiger partial charge on any atom is -0.300 e. The molecule has 54 valence electrons. The number of hydrogen-bond acceptors (Lipinski definition) is 2. The quantitative estimate of drug-likeness (QED) is 0.540. The number of hydrogen-bond donors (Lipinski definition) is 0. The predicted molar refractivity (Wildman–Crippen MR) is 35.5 cm³/mol. The van der Waals surface area contributed by atoms with E-state index in [4.69, 9.17) is 0 Å². The molecular formula is C8H10O2. The normalized spacial score (nSPS) is 28.0. The molecule has 0 amide bonds. The van der Waals surface area contributed by atoms with Crippen molar-refractivity contribution in [3.63, 3.8) is 0 Å². The average molecular weight is 138 g/mol. The second kappa shape index (κ2) is 1.91. The molecule has 0 radical (unpaired) electrons. The first-order valence-electron chi connectivity index (χ1n) is 3.79. The zero-order chi connectivity index (χ0) is 7.14. The molecule has 0 N–H and O–H groups in total. The van der Waals surface area contributed by atoms with E-state index in [0.717, 1.165) is 25.7 Å². The molecule has 0 unspecified atom stereocenters. The van der Waals surface area contributed by atoms with Gasteiger partial charge in [0.2, 0.25) is 0 Å². The van der Waals surface area contributed by atoms with Gasteiger partial charge in [-0.2, -0.15) is 0 Å². The summed E-state index contributed by atoms with van der Waals surface area (Å²) in [6.07, 6.45) is 2.99. The van der Waals surface area contributed by atoms with Gasteiger partial charge in [-0.05, 0) is 11.8 Å². The molecule has 0 aromatic rings. The number of carbonyl (C=O) groups is 2. The second-order valence-corrected chi connectivity index (χ2v) is 3.41. The summed E-state index contributed by atoms with van der Waals surface area (Å²) in [5.74, 6) is 1.91. The van der Waals surface area contributed by atoms with Crippen molar-refractivity contribution in [1.29, 1.82) is 0 Å². The van der Waals surface area contributed by atoms with Crippen LogP contribution in [0.4, 0.5) is 0 Å². The molecule has 0 aliphatic heterocycles. The summed E-state index contributed by atoms with van der Waals surface area (Å²) >= 11 is 0. The fourth-order valence-electron chi connectivity index (χ4n) is 1.72. The Morgan fingerprint density at radius 2 is 1.10 bits per heavy atom. The van der Waals surface area contributed by atoms with Crippen molar-refractivity contribution in [3.05, 3.63) is 0 Å². The fourth-order valence-corrected chi connectivity index (χ4v) is 1.72. The third-order valence-corrected chi connectivity index (χ3v) is 2.63. The van der Waals surface area contributed by atoms with Gasteiger partial charge in [0.25, 0.3) is 0 Å². The van der Waals surface area contributed by atoms with Crippen molar-refractivity contribution < 1.29 is 9.59 Å². The molecule has 0 heterocycles. The van der Waals surface area contributed by atoms with Crippen LogP contribution in [0.1, 0.15) is 25.7 Å². The zero-order valence-electron chi connectivity index (χ0n) is 5.80. The van der Waals surface area contributed by atoms with Gasteiger partial charge >= 0.3 is 0 Å². The lowest BCUT2D eigenvalue weighted by molar-refractivity contribution is -0.136. The Kier molecular flexibility index (Phi) is 1.16. The molecule has 0 saturated heterocycles. The van der Waals surface area contributed by atoms with Gasteiger partial charge in [-0.25, -0.2) is 0 Å². The van der Waals surface area contributed by atoms with E-state index >= 15 is 0 Å². The van der Waals surface area contributed by atoms with Crippen LogP contribution in [0.5, 0.6) is 0 Å². The Balaban J connectivity index is 1.82. The van der Waals surface area contributed by atoms with E-state index in [1.807, 2.05) is 0 Å². The van der Waals surface area contributed by atoms with Gasteiger partial charge < -0.3 is 0 Å². The first kappa shape index (κ1) is 6.08. The summed E-state index contributed by atoms with van der Waals surface area (Å²) in [5, 5.41) is 0. The lowest BCUT2D eigenvalue weighted by atomic mass is 9.66. The van der Waals surface area contributed by atoms with Gasteiger partial charge in [-0.1, -0.05) is 0 Å². The molecule has 0 spiro atoms. The Labute approximate surface area is 59.6 Å². The monoisotopic (exact) mass is 138 g/mol. The van der Waals surface area contributed by atoms with Crippen LogP contribution in [0.15, 0.2) is 0 Å².